The van der Waals surface area contributed by atoms with E-state index in [0.29, 0.717) is 30.5 Å². The smallest absolute Gasteiger partial charge is 0.410 e. The van der Waals surface area contributed by atoms with Gasteiger partial charge in [-0.3, -0.25) is 0 Å². The topological polar surface area (TPSA) is 99.5 Å². The van der Waals surface area contributed by atoms with Gasteiger partial charge >= 0.3 is 6.09 Å². The summed E-state index contributed by atoms with van der Waals surface area (Å²) in [7, 11) is -3.63. The van der Waals surface area contributed by atoms with Crippen LogP contribution in [0.2, 0.25) is 0 Å². The SMILES string of the molecule is CC(C)(C)OC(=O)N1CCCC(NS(=O)(=O)Cc2ccccc2C#N)C1. The van der Waals surface area contributed by atoms with Crippen molar-refractivity contribution in [3.8, 4) is 6.07 Å². The summed E-state index contributed by atoms with van der Waals surface area (Å²) in [6.45, 7) is 6.20. The number of nitrogens with one attached hydrogen (secondary N) is 1. The van der Waals surface area contributed by atoms with Gasteiger partial charge in [0.15, 0.2) is 0 Å². The minimum Gasteiger partial charge on any atom is -0.444 e. The monoisotopic (exact) mass is 379 g/mol. The van der Waals surface area contributed by atoms with E-state index < -0.39 is 21.7 Å². The van der Waals surface area contributed by atoms with E-state index >= 15 is 0 Å². The summed E-state index contributed by atoms with van der Waals surface area (Å²) in [5.41, 5.74) is 0.212. The summed E-state index contributed by atoms with van der Waals surface area (Å²) in [4.78, 5) is 13.7. The van der Waals surface area contributed by atoms with Gasteiger partial charge < -0.3 is 9.64 Å². The molecule has 0 saturated carbocycles. The molecule has 1 aliphatic rings. The standard InChI is InChI=1S/C18H25N3O4S/c1-18(2,3)25-17(22)21-10-6-9-16(12-21)20-26(23,24)13-15-8-5-4-7-14(15)11-19/h4-5,7-8,16,20H,6,9-10,12-13H2,1-3H3. The second kappa shape index (κ2) is 8.06. The number of carbonyl (C=O) groups is 1. The molecule has 1 N–H and O–H groups in total. The van der Waals surface area contributed by atoms with Crippen LogP contribution < -0.4 is 4.72 Å². The Balaban J connectivity index is 2.00. The van der Waals surface area contributed by atoms with Gasteiger partial charge in [0, 0.05) is 19.1 Å². The summed E-state index contributed by atoms with van der Waals surface area (Å²) >= 11 is 0. The average Bonchev–Trinajstić information content (AvgIpc) is 2.53. The van der Waals surface area contributed by atoms with Crippen LogP contribution in [0.15, 0.2) is 24.3 Å². The molecular formula is C18H25N3O4S. The van der Waals surface area contributed by atoms with Crippen LogP contribution >= 0.6 is 0 Å². The van der Waals surface area contributed by atoms with Gasteiger partial charge in [0.1, 0.15) is 5.60 Å². The van der Waals surface area contributed by atoms with Crippen molar-refractivity contribution in [1.29, 1.82) is 5.26 Å². The van der Waals surface area contributed by atoms with Crippen LogP contribution in [0.5, 0.6) is 0 Å². The first-order valence-electron chi connectivity index (χ1n) is 8.55. The maximum Gasteiger partial charge on any atom is 0.410 e. The number of ether oxygens (including phenoxy) is 1. The van der Waals surface area contributed by atoms with Crippen molar-refractivity contribution in [2.45, 2.75) is 51.0 Å². The third kappa shape index (κ3) is 6.00. The van der Waals surface area contributed by atoms with E-state index in [1.54, 1.807) is 45.0 Å². The molecule has 8 heteroatoms. The van der Waals surface area contributed by atoms with E-state index in [4.69, 9.17) is 10.00 Å². The summed E-state index contributed by atoms with van der Waals surface area (Å²) in [6.07, 6.45) is 0.913. The summed E-state index contributed by atoms with van der Waals surface area (Å²) in [6, 6.07) is 8.26. The number of likely N-dealkylation sites (tertiary alicyclic amines) is 1. The zero-order chi connectivity index (χ0) is 19.4. The first-order chi connectivity index (χ1) is 12.1. The number of carbonyl (C=O) groups excluding carboxylic acids is 1. The molecule has 1 aromatic carbocycles. The van der Waals surface area contributed by atoms with Crippen LogP contribution in [0.25, 0.3) is 0 Å². The molecule has 1 amide bonds. The van der Waals surface area contributed by atoms with E-state index in [1.165, 1.54) is 4.90 Å². The van der Waals surface area contributed by atoms with Crippen LogP contribution in [-0.2, 0) is 20.5 Å². The van der Waals surface area contributed by atoms with Crippen molar-refractivity contribution in [1.82, 2.24) is 9.62 Å². The molecule has 0 aromatic heterocycles. The Morgan fingerprint density at radius 1 is 1.38 bits per heavy atom. The van der Waals surface area contributed by atoms with E-state index in [2.05, 4.69) is 4.72 Å². The van der Waals surface area contributed by atoms with Gasteiger partial charge in [-0.25, -0.2) is 17.9 Å². The van der Waals surface area contributed by atoms with Crippen molar-refractivity contribution in [2.24, 2.45) is 0 Å². The van der Waals surface area contributed by atoms with Crippen molar-refractivity contribution in [3.63, 3.8) is 0 Å². The third-order valence-electron chi connectivity index (χ3n) is 3.90. The Morgan fingerprint density at radius 2 is 2.08 bits per heavy atom. The molecule has 0 radical (unpaired) electrons. The van der Waals surface area contributed by atoms with Crippen LogP contribution in [0, 0.1) is 11.3 Å². The van der Waals surface area contributed by atoms with Gasteiger partial charge in [0.25, 0.3) is 0 Å². The Labute approximate surface area is 155 Å². The first-order valence-corrected chi connectivity index (χ1v) is 10.2. The molecule has 0 aliphatic carbocycles. The Kier molecular flexibility index (Phi) is 6.26. The number of piperidine rings is 1. The normalized spacial score (nSPS) is 18.2. The molecule has 1 aromatic rings. The number of hydrogen-bond acceptors (Lipinski definition) is 5. The van der Waals surface area contributed by atoms with Crippen molar-refractivity contribution in [3.05, 3.63) is 35.4 Å². The molecule has 7 nitrogen and oxygen atoms in total. The molecule has 2 rings (SSSR count). The van der Waals surface area contributed by atoms with E-state index in [1.807, 2.05) is 6.07 Å². The number of amides is 1. The number of nitriles is 1. The average molecular weight is 379 g/mol. The largest absolute Gasteiger partial charge is 0.444 e. The highest BCUT2D eigenvalue weighted by molar-refractivity contribution is 7.88. The summed E-state index contributed by atoms with van der Waals surface area (Å²) in [5.74, 6) is -0.264. The van der Waals surface area contributed by atoms with Gasteiger partial charge in [-0.2, -0.15) is 5.26 Å². The van der Waals surface area contributed by atoms with Crippen molar-refractivity contribution >= 4 is 16.1 Å². The molecule has 26 heavy (non-hydrogen) atoms. The summed E-state index contributed by atoms with van der Waals surface area (Å²) in [5, 5.41) is 9.10. The Bertz CT molecular complexity index is 793. The Hall–Kier alpha value is -2.11. The van der Waals surface area contributed by atoms with Crippen LogP contribution in [-0.4, -0.2) is 44.1 Å². The predicted molar refractivity (Wildman–Crippen MR) is 97.7 cm³/mol. The highest BCUT2D eigenvalue weighted by Gasteiger charge is 2.29. The molecule has 1 fully saturated rings. The summed E-state index contributed by atoms with van der Waals surface area (Å²) < 4.78 is 33.0. The number of nitrogens with zero attached hydrogens (tertiary/aromatic N) is 2. The predicted octanol–water partition coefficient (Wildman–Crippen LogP) is 2.38. The van der Waals surface area contributed by atoms with Crippen LogP contribution in [0.1, 0.15) is 44.7 Å². The molecule has 1 aliphatic heterocycles. The van der Waals surface area contributed by atoms with Crippen LogP contribution in [0.4, 0.5) is 4.79 Å². The molecule has 1 heterocycles. The minimum atomic E-state index is -3.63. The van der Waals surface area contributed by atoms with E-state index in [0.717, 1.165) is 0 Å². The second-order valence-corrected chi connectivity index (χ2v) is 9.17. The zero-order valence-electron chi connectivity index (χ0n) is 15.4. The number of benzene rings is 1. The molecule has 1 unspecified atom stereocenters. The second-order valence-electron chi connectivity index (χ2n) is 7.41. The van der Waals surface area contributed by atoms with Gasteiger partial charge in [0.05, 0.1) is 17.4 Å². The zero-order valence-corrected chi connectivity index (χ0v) is 16.2. The highest BCUT2D eigenvalue weighted by Crippen LogP contribution is 2.17. The number of rotatable bonds is 4. The quantitative estimate of drug-likeness (QED) is 0.866. The fourth-order valence-corrected chi connectivity index (χ4v) is 4.27. The van der Waals surface area contributed by atoms with Crippen molar-refractivity contribution in [2.75, 3.05) is 13.1 Å². The minimum absolute atomic E-state index is 0.264. The van der Waals surface area contributed by atoms with Gasteiger partial charge in [0.2, 0.25) is 10.0 Å². The maximum absolute atomic E-state index is 12.5. The number of sulfonamides is 1. The third-order valence-corrected chi connectivity index (χ3v) is 5.29. The lowest BCUT2D eigenvalue weighted by atomic mass is 10.1. The molecule has 1 saturated heterocycles. The lowest BCUT2D eigenvalue weighted by Gasteiger charge is -2.34. The molecule has 0 bridgehead atoms. The fraction of sp³-hybridized carbons (Fsp3) is 0.556. The van der Waals surface area contributed by atoms with E-state index in [9.17, 15) is 13.2 Å². The van der Waals surface area contributed by atoms with Crippen molar-refractivity contribution < 1.29 is 17.9 Å². The lowest BCUT2D eigenvalue weighted by molar-refractivity contribution is 0.0195. The maximum atomic E-state index is 12.5. The van der Waals surface area contributed by atoms with Gasteiger partial charge in [-0.05, 0) is 45.2 Å². The van der Waals surface area contributed by atoms with Gasteiger partial charge in [-0.15, -0.1) is 0 Å². The molecule has 142 valence electrons. The van der Waals surface area contributed by atoms with Crippen LogP contribution in [0.3, 0.4) is 0 Å². The molecule has 0 spiro atoms. The number of hydrogen-bond donors (Lipinski definition) is 1. The molecular weight excluding hydrogens is 354 g/mol. The van der Waals surface area contributed by atoms with Gasteiger partial charge in [-0.1, -0.05) is 18.2 Å². The lowest BCUT2D eigenvalue weighted by Crippen LogP contribution is -2.50. The Morgan fingerprint density at radius 3 is 2.73 bits per heavy atom. The highest BCUT2D eigenvalue weighted by atomic mass is 32.2. The van der Waals surface area contributed by atoms with E-state index in [-0.39, 0.29) is 18.3 Å². The fourth-order valence-electron chi connectivity index (χ4n) is 2.82. The molecule has 1 atom stereocenters. The first kappa shape index (κ1) is 20.2.